The van der Waals surface area contributed by atoms with Crippen LogP contribution in [0.2, 0.25) is 16.6 Å². The van der Waals surface area contributed by atoms with Crippen LogP contribution in [-0.4, -0.2) is 49.4 Å². The van der Waals surface area contributed by atoms with Gasteiger partial charge in [-0.25, -0.2) is 4.79 Å². The lowest BCUT2D eigenvalue weighted by molar-refractivity contribution is -0.133. The van der Waals surface area contributed by atoms with E-state index in [4.69, 9.17) is 9.16 Å². The molecule has 2 fully saturated rings. The number of ketones is 1. The molecule has 5 nitrogen and oxygen atoms in total. The van der Waals surface area contributed by atoms with Crippen molar-refractivity contribution in [2.24, 2.45) is 5.92 Å². The number of hydrogen-bond donors (Lipinski definition) is 0. The zero-order valence-corrected chi connectivity index (χ0v) is 21.8. The van der Waals surface area contributed by atoms with Crippen LogP contribution in [0, 0.1) is 5.92 Å². The van der Waals surface area contributed by atoms with Crippen LogP contribution >= 0.6 is 0 Å². The fraction of sp³-hybridized carbons (Fsp3) is 0.917. The Hall–Kier alpha value is -0.883. The van der Waals surface area contributed by atoms with E-state index in [1.54, 1.807) is 0 Å². The van der Waals surface area contributed by atoms with Crippen molar-refractivity contribution in [1.82, 2.24) is 4.90 Å². The molecule has 30 heavy (non-hydrogen) atoms. The molecule has 174 valence electrons. The topological polar surface area (TPSA) is 55.8 Å². The highest BCUT2D eigenvalue weighted by molar-refractivity contribution is 6.77. The molecule has 0 bridgehead atoms. The molecule has 0 aromatic rings. The van der Waals surface area contributed by atoms with Crippen LogP contribution in [0.15, 0.2) is 0 Å². The molecule has 1 saturated heterocycles. The zero-order valence-electron chi connectivity index (χ0n) is 20.8. The van der Waals surface area contributed by atoms with E-state index < -0.39 is 19.5 Å². The Bertz CT molecular complexity index is 603. The van der Waals surface area contributed by atoms with Crippen molar-refractivity contribution in [2.75, 3.05) is 13.2 Å². The molecule has 0 N–H and O–H groups in total. The minimum atomic E-state index is -2.08. The predicted octanol–water partition coefficient (Wildman–Crippen LogP) is 6.32. The van der Waals surface area contributed by atoms with Crippen molar-refractivity contribution >= 4 is 20.2 Å². The summed E-state index contributed by atoms with van der Waals surface area (Å²) in [5.41, 5.74) is 0.427. The van der Waals surface area contributed by atoms with E-state index in [-0.39, 0.29) is 17.8 Å². The molecule has 0 radical (unpaired) electrons. The predicted molar refractivity (Wildman–Crippen MR) is 124 cm³/mol. The molecule has 1 aliphatic carbocycles. The first-order chi connectivity index (χ1) is 13.8. The second kappa shape index (κ2) is 9.31. The number of likely N-dealkylation sites (tertiary alicyclic amines) is 1. The van der Waals surface area contributed by atoms with Gasteiger partial charge in [-0.1, -0.05) is 41.5 Å². The van der Waals surface area contributed by atoms with E-state index in [0.717, 1.165) is 25.7 Å². The fourth-order valence-electron chi connectivity index (χ4n) is 6.31. The lowest BCUT2D eigenvalue weighted by atomic mass is 9.70. The number of ether oxygens (including phenoxy) is 1. The lowest BCUT2D eigenvalue weighted by Crippen LogP contribution is -2.60. The van der Waals surface area contributed by atoms with Crippen LogP contribution in [0.5, 0.6) is 0 Å². The van der Waals surface area contributed by atoms with Gasteiger partial charge >= 0.3 is 6.09 Å². The maximum absolute atomic E-state index is 13.2. The largest absolute Gasteiger partial charge is 0.444 e. The summed E-state index contributed by atoms with van der Waals surface area (Å²) in [5.74, 6) is 0.0141. The second-order valence-corrected chi connectivity index (χ2v) is 16.8. The van der Waals surface area contributed by atoms with Crippen molar-refractivity contribution in [3.8, 4) is 0 Å². The number of amides is 1. The summed E-state index contributed by atoms with van der Waals surface area (Å²) in [7, 11) is -2.08. The molecule has 1 heterocycles. The normalized spacial score (nSPS) is 25.8. The molecule has 1 saturated carbocycles. The number of hydrogen-bond acceptors (Lipinski definition) is 4. The molecule has 0 aromatic heterocycles. The Morgan fingerprint density at radius 3 is 2.10 bits per heavy atom. The minimum absolute atomic E-state index is 0.246. The molecular formula is C24H45NO4Si. The van der Waals surface area contributed by atoms with Crippen LogP contribution in [0.25, 0.3) is 0 Å². The Morgan fingerprint density at radius 1 is 1.07 bits per heavy atom. The molecule has 2 rings (SSSR count). The summed E-state index contributed by atoms with van der Waals surface area (Å²) in [6.45, 7) is 20.4. The molecular weight excluding hydrogens is 394 g/mol. The van der Waals surface area contributed by atoms with E-state index in [9.17, 15) is 9.59 Å². The molecule has 2 aliphatic rings. The summed E-state index contributed by atoms with van der Waals surface area (Å²) in [5, 5.41) is 0. The van der Waals surface area contributed by atoms with Gasteiger partial charge in [0.25, 0.3) is 0 Å². The average Bonchev–Trinajstić information content (AvgIpc) is 2.99. The SMILES string of the molecule is CC(C)[Si](OC[C@H]1C(=O)CCCC12CCCN2C(=O)OC(C)(C)C)(C(C)C)C(C)C. The first-order valence-corrected chi connectivity index (χ1v) is 14.1. The summed E-state index contributed by atoms with van der Waals surface area (Å²) < 4.78 is 12.6. The summed E-state index contributed by atoms with van der Waals surface area (Å²) in [6, 6.07) is 0. The highest BCUT2D eigenvalue weighted by atomic mass is 28.4. The van der Waals surface area contributed by atoms with Gasteiger partial charge in [-0.2, -0.15) is 0 Å². The Labute approximate surface area is 185 Å². The lowest BCUT2D eigenvalue weighted by Gasteiger charge is -2.49. The highest BCUT2D eigenvalue weighted by Gasteiger charge is 2.55. The number of rotatable bonds is 6. The summed E-state index contributed by atoms with van der Waals surface area (Å²) >= 11 is 0. The number of Topliss-reactive ketones (excluding diaryl/α,β-unsaturated/α-hetero) is 1. The number of carbonyl (C=O) groups is 2. The van der Waals surface area contributed by atoms with Gasteiger partial charge in [0.15, 0.2) is 8.32 Å². The van der Waals surface area contributed by atoms with Gasteiger partial charge < -0.3 is 14.1 Å². The summed E-state index contributed by atoms with van der Waals surface area (Å²) in [6.07, 6.45) is 3.81. The van der Waals surface area contributed by atoms with Crippen molar-refractivity contribution < 1.29 is 18.8 Å². The third-order valence-corrected chi connectivity index (χ3v) is 13.5. The van der Waals surface area contributed by atoms with Gasteiger partial charge in [-0.05, 0) is 63.1 Å². The van der Waals surface area contributed by atoms with E-state index in [1.807, 2.05) is 25.7 Å². The number of nitrogens with zero attached hydrogens (tertiary/aromatic N) is 1. The molecule has 1 unspecified atom stereocenters. The third-order valence-electron chi connectivity index (χ3n) is 7.42. The van der Waals surface area contributed by atoms with Gasteiger partial charge in [0, 0.05) is 19.6 Å². The first-order valence-electron chi connectivity index (χ1n) is 11.9. The smallest absolute Gasteiger partial charge is 0.410 e. The van der Waals surface area contributed by atoms with Gasteiger partial charge in [0.1, 0.15) is 11.4 Å². The molecule has 2 atom stereocenters. The quantitative estimate of drug-likeness (QED) is 0.455. The summed E-state index contributed by atoms with van der Waals surface area (Å²) in [4.78, 5) is 28.1. The van der Waals surface area contributed by atoms with Gasteiger partial charge in [0.2, 0.25) is 0 Å². The van der Waals surface area contributed by atoms with E-state index in [0.29, 0.717) is 36.2 Å². The van der Waals surface area contributed by atoms with Gasteiger partial charge in [-0.3, -0.25) is 4.79 Å². The monoisotopic (exact) mass is 439 g/mol. The van der Waals surface area contributed by atoms with E-state index in [2.05, 4.69) is 41.5 Å². The van der Waals surface area contributed by atoms with Gasteiger partial charge in [-0.15, -0.1) is 0 Å². The fourth-order valence-corrected chi connectivity index (χ4v) is 11.8. The molecule has 0 aromatic carbocycles. The van der Waals surface area contributed by atoms with Gasteiger partial charge in [0.05, 0.1) is 11.5 Å². The van der Waals surface area contributed by atoms with Crippen LogP contribution in [0.3, 0.4) is 0 Å². The molecule has 1 aliphatic heterocycles. The maximum atomic E-state index is 13.2. The molecule has 1 spiro atoms. The Morgan fingerprint density at radius 2 is 1.60 bits per heavy atom. The van der Waals surface area contributed by atoms with E-state index in [1.165, 1.54) is 0 Å². The maximum Gasteiger partial charge on any atom is 0.410 e. The van der Waals surface area contributed by atoms with Crippen molar-refractivity contribution in [3.63, 3.8) is 0 Å². The van der Waals surface area contributed by atoms with Crippen LogP contribution < -0.4 is 0 Å². The molecule has 1 amide bonds. The third kappa shape index (κ3) is 4.79. The van der Waals surface area contributed by atoms with E-state index >= 15 is 0 Å². The Kier molecular flexibility index (Phi) is 7.88. The number of carbonyl (C=O) groups excluding carboxylic acids is 2. The minimum Gasteiger partial charge on any atom is -0.444 e. The van der Waals surface area contributed by atoms with Crippen molar-refractivity contribution in [2.45, 2.75) is 122 Å². The highest BCUT2D eigenvalue weighted by Crippen LogP contribution is 2.47. The second-order valence-electron chi connectivity index (χ2n) is 11.3. The van der Waals surface area contributed by atoms with Crippen LogP contribution in [-0.2, 0) is 14.0 Å². The average molecular weight is 440 g/mol. The standard InChI is InChI=1S/C24H45NO4Si/c1-17(2)30(18(3)4,19(5)6)28-16-20-21(26)12-10-13-24(20)14-11-15-25(24)22(27)29-23(7,8)9/h17-20H,10-16H2,1-9H3/t20-,24?/m0/s1. The van der Waals surface area contributed by atoms with Crippen LogP contribution in [0.4, 0.5) is 4.79 Å². The first kappa shape index (κ1) is 25.4. The van der Waals surface area contributed by atoms with Crippen LogP contribution in [0.1, 0.15) is 94.4 Å². The molecule has 6 heteroatoms. The van der Waals surface area contributed by atoms with Crippen molar-refractivity contribution in [3.05, 3.63) is 0 Å². The zero-order chi connectivity index (χ0) is 22.9. The van der Waals surface area contributed by atoms with Crippen molar-refractivity contribution in [1.29, 1.82) is 0 Å². The Balaban J connectivity index is 2.34.